The van der Waals surface area contributed by atoms with Gasteiger partial charge in [0.05, 0.1) is 5.52 Å². The van der Waals surface area contributed by atoms with Crippen LogP contribution in [0.3, 0.4) is 0 Å². The molecule has 4 aromatic rings. The van der Waals surface area contributed by atoms with Gasteiger partial charge in [0.2, 0.25) is 0 Å². The molecule has 2 aromatic carbocycles. The van der Waals surface area contributed by atoms with Crippen molar-refractivity contribution in [2.75, 3.05) is 0 Å². The van der Waals surface area contributed by atoms with E-state index in [1.165, 1.54) is 43.7 Å². The second kappa shape index (κ2) is 5.09. The van der Waals surface area contributed by atoms with E-state index in [1.807, 2.05) is 0 Å². The maximum atomic E-state index is 2.51. The van der Waals surface area contributed by atoms with Gasteiger partial charge in [-0.3, -0.25) is 0 Å². The lowest BCUT2D eigenvalue weighted by Crippen LogP contribution is -2.26. The number of nitrogens with zero attached hydrogens (tertiary/aromatic N) is 2. The molecule has 0 N–H and O–H groups in total. The molecule has 2 aromatic heterocycles. The standard InChI is InChI=1S/C21H23N2/c1-5-11-23-19-9-7-6-8-17(19)20-14(2)18-13-22(4)12-10-16(18)15(3)21(20)23/h6-10,12-13H,5,11H2,1-4H3/q+1. The lowest BCUT2D eigenvalue weighted by atomic mass is 9.97. The van der Waals surface area contributed by atoms with Gasteiger partial charge in [-0.1, -0.05) is 25.1 Å². The zero-order chi connectivity index (χ0) is 16.1. The number of fused-ring (bicyclic) bond motifs is 4. The predicted molar refractivity (Wildman–Crippen MR) is 97.9 cm³/mol. The third-order valence-electron chi connectivity index (χ3n) is 5.06. The fourth-order valence-corrected chi connectivity index (χ4v) is 4.01. The Morgan fingerprint density at radius 3 is 2.52 bits per heavy atom. The van der Waals surface area contributed by atoms with E-state index in [9.17, 15) is 0 Å². The average Bonchev–Trinajstić information content (AvgIpc) is 2.88. The van der Waals surface area contributed by atoms with E-state index >= 15 is 0 Å². The molecule has 0 spiro atoms. The largest absolute Gasteiger partial charge is 0.340 e. The van der Waals surface area contributed by atoms with Crippen LogP contribution in [0.4, 0.5) is 0 Å². The number of hydrogen-bond acceptors (Lipinski definition) is 0. The van der Waals surface area contributed by atoms with Crippen molar-refractivity contribution in [3.8, 4) is 0 Å². The number of benzene rings is 2. The van der Waals surface area contributed by atoms with E-state index in [4.69, 9.17) is 0 Å². The summed E-state index contributed by atoms with van der Waals surface area (Å²) < 4.78 is 4.66. The van der Waals surface area contributed by atoms with E-state index < -0.39 is 0 Å². The fraction of sp³-hybridized carbons (Fsp3) is 0.286. The van der Waals surface area contributed by atoms with Crippen molar-refractivity contribution in [3.63, 3.8) is 0 Å². The first kappa shape index (κ1) is 14.3. The molecule has 0 saturated carbocycles. The van der Waals surface area contributed by atoms with Crippen LogP contribution in [0, 0.1) is 13.8 Å². The van der Waals surface area contributed by atoms with E-state index in [-0.39, 0.29) is 0 Å². The molecule has 0 aliphatic heterocycles. The maximum absolute atomic E-state index is 2.51. The van der Waals surface area contributed by atoms with Gasteiger partial charge in [-0.25, -0.2) is 4.57 Å². The Balaban J connectivity index is 2.33. The molecule has 2 heteroatoms. The van der Waals surface area contributed by atoms with Crippen molar-refractivity contribution in [2.45, 2.75) is 33.7 Å². The first-order valence-electron chi connectivity index (χ1n) is 8.42. The fourth-order valence-electron chi connectivity index (χ4n) is 4.01. The molecule has 116 valence electrons. The zero-order valence-electron chi connectivity index (χ0n) is 14.4. The Bertz CT molecular complexity index is 1050. The Hall–Kier alpha value is -2.35. The van der Waals surface area contributed by atoms with E-state index in [0.29, 0.717) is 0 Å². The third-order valence-corrected chi connectivity index (χ3v) is 5.06. The molecule has 4 rings (SSSR count). The van der Waals surface area contributed by atoms with E-state index in [1.54, 1.807) is 0 Å². The molecule has 2 nitrogen and oxygen atoms in total. The van der Waals surface area contributed by atoms with Crippen molar-refractivity contribution in [3.05, 3.63) is 53.9 Å². The molecule has 0 radical (unpaired) electrons. The zero-order valence-corrected chi connectivity index (χ0v) is 14.4. The number of aryl methyl sites for hydroxylation is 4. The monoisotopic (exact) mass is 303 g/mol. The summed E-state index contributed by atoms with van der Waals surface area (Å²) >= 11 is 0. The predicted octanol–water partition coefficient (Wildman–Crippen LogP) is 4.80. The molecule has 0 saturated heterocycles. The highest BCUT2D eigenvalue weighted by Gasteiger charge is 2.18. The summed E-state index contributed by atoms with van der Waals surface area (Å²) in [6.07, 6.45) is 5.55. The Labute approximate surface area is 137 Å². The molecule has 2 heterocycles. The highest BCUT2D eigenvalue weighted by atomic mass is 15.0. The van der Waals surface area contributed by atoms with Crippen LogP contribution in [0.2, 0.25) is 0 Å². The van der Waals surface area contributed by atoms with Gasteiger partial charge in [-0.2, -0.15) is 0 Å². The van der Waals surface area contributed by atoms with Crippen LogP contribution in [0.25, 0.3) is 32.6 Å². The van der Waals surface area contributed by atoms with Gasteiger partial charge in [0.15, 0.2) is 12.4 Å². The molecule has 23 heavy (non-hydrogen) atoms. The lowest BCUT2D eigenvalue weighted by molar-refractivity contribution is -0.670. The lowest BCUT2D eigenvalue weighted by Gasteiger charge is -2.11. The van der Waals surface area contributed by atoms with Crippen molar-refractivity contribution in [1.29, 1.82) is 0 Å². The minimum Gasteiger partial charge on any atom is -0.340 e. The molecule has 0 aliphatic carbocycles. The van der Waals surface area contributed by atoms with Gasteiger partial charge in [-0.15, -0.1) is 0 Å². The second-order valence-corrected chi connectivity index (χ2v) is 6.58. The summed E-state index contributed by atoms with van der Waals surface area (Å²) in [5, 5.41) is 5.53. The number of rotatable bonds is 2. The van der Waals surface area contributed by atoms with Crippen LogP contribution in [0.15, 0.2) is 42.7 Å². The normalized spacial score (nSPS) is 11.8. The van der Waals surface area contributed by atoms with Crippen molar-refractivity contribution in [1.82, 2.24) is 4.57 Å². The van der Waals surface area contributed by atoms with Gasteiger partial charge in [0.1, 0.15) is 7.05 Å². The second-order valence-electron chi connectivity index (χ2n) is 6.58. The van der Waals surface area contributed by atoms with Crippen LogP contribution in [-0.4, -0.2) is 4.57 Å². The first-order valence-corrected chi connectivity index (χ1v) is 8.42. The number of pyridine rings is 1. The molecule has 0 unspecified atom stereocenters. The summed E-state index contributed by atoms with van der Waals surface area (Å²) in [5.41, 5.74) is 5.55. The average molecular weight is 303 g/mol. The van der Waals surface area contributed by atoms with Gasteiger partial charge in [0.25, 0.3) is 0 Å². The van der Waals surface area contributed by atoms with Crippen molar-refractivity contribution < 1.29 is 4.57 Å². The van der Waals surface area contributed by atoms with Crippen molar-refractivity contribution >= 4 is 32.6 Å². The number of aromatic nitrogens is 2. The topological polar surface area (TPSA) is 8.81 Å². The Morgan fingerprint density at radius 1 is 0.957 bits per heavy atom. The molecular formula is C21H23N2+. The first-order chi connectivity index (χ1) is 11.1. The van der Waals surface area contributed by atoms with Crippen LogP contribution >= 0.6 is 0 Å². The molecular weight excluding hydrogens is 280 g/mol. The molecule has 0 fully saturated rings. The minimum atomic E-state index is 1.07. The van der Waals surface area contributed by atoms with Gasteiger partial charge in [-0.05, 0) is 42.8 Å². The summed E-state index contributed by atoms with van der Waals surface area (Å²) in [6, 6.07) is 11.1. The van der Waals surface area contributed by atoms with E-state index in [2.05, 4.69) is 79.7 Å². The summed E-state index contributed by atoms with van der Waals surface area (Å²) in [7, 11) is 2.10. The summed E-state index contributed by atoms with van der Waals surface area (Å²) in [6.45, 7) is 7.86. The summed E-state index contributed by atoms with van der Waals surface area (Å²) in [4.78, 5) is 0. The van der Waals surface area contributed by atoms with E-state index in [0.717, 1.165) is 13.0 Å². The van der Waals surface area contributed by atoms with Crippen LogP contribution in [-0.2, 0) is 13.6 Å². The Kier molecular flexibility index (Phi) is 3.15. The SMILES string of the molecule is CCCn1c2ccccc2c2c(C)c3c[n+](C)ccc3c(C)c21. The van der Waals surface area contributed by atoms with Crippen LogP contribution in [0.1, 0.15) is 24.5 Å². The smallest absolute Gasteiger partial charge is 0.176 e. The third kappa shape index (κ3) is 1.91. The quantitative estimate of drug-likeness (QED) is 0.470. The molecule has 0 aliphatic rings. The number of hydrogen-bond donors (Lipinski definition) is 0. The number of para-hydroxylation sites is 1. The van der Waals surface area contributed by atoms with Gasteiger partial charge >= 0.3 is 0 Å². The molecule has 0 amide bonds. The van der Waals surface area contributed by atoms with Crippen LogP contribution in [0.5, 0.6) is 0 Å². The molecule has 0 atom stereocenters. The molecule has 0 bridgehead atoms. The van der Waals surface area contributed by atoms with Crippen LogP contribution < -0.4 is 4.57 Å². The van der Waals surface area contributed by atoms with Gasteiger partial charge in [0, 0.05) is 34.3 Å². The Morgan fingerprint density at radius 2 is 1.74 bits per heavy atom. The van der Waals surface area contributed by atoms with Gasteiger partial charge < -0.3 is 4.57 Å². The highest BCUT2D eigenvalue weighted by molar-refractivity contribution is 6.16. The maximum Gasteiger partial charge on any atom is 0.176 e. The minimum absolute atomic E-state index is 1.07. The summed E-state index contributed by atoms with van der Waals surface area (Å²) in [5.74, 6) is 0. The highest BCUT2D eigenvalue weighted by Crippen LogP contribution is 2.38. The van der Waals surface area contributed by atoms with Crippen molar-refractivity contribution in [2.24, 2.45) is 7.05 Å².